The molecular formula is C19H18O3. The van der Waals surface area contributed by atoms with Crippen LogP contribution in [0.5, 0.6) is 0 Å². The molecule has 0 bridgehead atoms. The van der Waals surface area contributed by atoms with E-state index in [0.29, 0.717) is 23.3 Å². The van der Waals surface area contributed by atoms with Gasteiger partial charge >= 0.3 is 0 Å². The third kappa shape index (κ3) is 1.97. The summed E-state index contributed by atoms with van der Waals surface area (Å²) >= 11 is 0. The predicted octanol–water partition coefficient (Wildman–Crippen LogP) is 4.15. The lowest BCUT2D eigenvalue weighted by atomic mass is 9.85. The van der Waals surface area contributed by atoms with Crippen molar-refractivity contribution in [3.63, 3.8) is 0 Å². The zero-order chi connectivity index (χ0) is 15.9. The van der Waals surface area contributed by atoms with Crippen LogP contribution in [0.1, 0.15) is 43.1 Å². The Hall–Kier alpha value is -2.42. The highest BCUT2D eigenvalue weighted by atomic mass is 16.5. The van der Waals surface area contributed by atoms with Gasteiger partial charge in [-0.1, -0.05) is 44.2 Å². The summed E-state index contributed by atoms with van der Waals surface area (Å²) in [7, 11) is 0. The number of hydrogen-bond acceptors (Lipinski definition) is 3. The van der Waals surface area contributed by atoms with Crippen LogP contribution in [-0.4, -0.2) is 17.7 Å². The zero-order valence-electron chi connectivity index (χ0n) is 13.0. The van der Waals surface area contributed by atoms with Crippen LogP contribution in [0.25, 0.3) is 16.5 Å². The Morgan fingerprint density at radius 1 is 1.00 bits per heavy atom. The topological polar surface area (TPSA) is 43.4 Å². The van der Waals surface area contributed by atoms with E-state index in [1.54, 1.807) is 0 Å². The summed E-state index contributed by atoms with van der Waals surface area (Å²) in [6.07, 6.45) is 0.473. The number of benzene rings is 2. The molecule has 0 spiro atoms. The molecule has 0 saturated heterocycles. The second-order valence-electron chi connectivity index (χ2n) is 5.31. The Morgan fingerprint density at radius 3 is 2.50 bits per heavy atom. The van der Waals surface area contributed by atoms with E-state index in [-0.39, 0.29) is 6.10 Å². The molecule has 0 radical (unpaired) electrons. The second kappa shape index (κ2) is 5.41. The monoisotopic (exact) mass is 294 g/mol. The molecule has 22 heavy (non-hydrogen) atoms. The van der Waals surface area contributed by atoms with Crippen molar-refractivity contribution in [2.75, 3.05) is 0 Å². The Labute approximate surface area is 129 Å². The minimum Gasteiger partial charge on any atom is -0.489 e. The number of carbonyl (C=O) groups is 2. The first-order chi connectivity index (χ1) is 10.7. The van der Waals surface area contributed by atoms with Gasteiger partial charge in [0.25, 0.3) is 0 Å². The van der Waals surface area contributed by atoms with Crippen LogP contribution in [0.4, 0.5) is 0 Å². The van der Waals surface area contributed by atoms with Crippen LogP contribution in [0.3, 0.4) is 0 Å². The van der Waals surface area contributed by atoms with Gasteiger partial charge in [0.1, 0.15) is 11.9 Å². The van der Waals surface area contributed by atoms with Gasteiger partial charge in [-0.25, -0.2) is 0 Å². The number of carbonyl (C=O) groups excluding carboxylic acids is 2. The Morgan fingerprint density at radius 2 is 1.73 bits per heavy atom. The number of rotatable bonds is 0. The van der Waals surface area contributed by atoms with E-state index < -0.39 is 11.6 Å². The van der Waals surface area contributed by atoms with Gasteiger partial charge in [-0.3, -0.25) is 9.59 Å². The van der Waals surface area contributed by atoms with Crippen molar-refractivity contribution in [3.8, 4) is 0 Å². The third-order valence-corrected chi connectivity index (χ3v) is 3.97. The zero-order valence-corrected chi connectivity index (χ0v) is 13.0. The van der Waals surface area contributed by atoms with Crippen molar-refractivity contribution in [3.05, 3.63) is 53.1 Å². The maximum absolute atomic E-state index is 12.4. The summed E-state index contributed by atoms with van der Waals surface area (Å²) in [4.78, 5) is 24.7. The van der Waals surface area contributed by atoms with Crippen LogP contribution in [-0.2, 0) is 9.53 Å². The molecule has 0 amide bonds. The normalized spacial score (nSPS) is 19.3. The van der Waals surface area contributed by atoms with E-state index in [9.17, 15) is 9.59 Å². The molecule has 3 nitrogen and oxygen atoms in total. The smallest absolute Gasteiger partial charge is 0.234 e. The van der Waals surface area contributed by atoms with Crippen LogP contribution in [0.2, 0.25) is 0 Å². The third-order valence-electron chi connectivity index (χ3n) is 3.97. The molecule has 3 heteroatoms. The fraction of sp³-hybridized carbons (Fsp3) is 0.263. The molecule has 1 aliphatic carbocycles. The first-order valence-electron chi connectivity index (χ1n) is 7.68. The van der Waals surface area contributed by atoms with E-state index in [0.717, 1.165) is 16.3 Å². The summed E-state index contributed by atoms with van der Waals surface area (Å²) in [5.41, 5.74) is 1.78. The van der Waals surface area contributed by atoms with Gasteiger partial charge in [0.15, 0.2) is 0 Å². The van der Waals surface area contributed by atoms with Crippen LogP contribution in [0.15, 0.2) is 42.0 Å². The van der Waals surface area contributed by atoms with Crippen LogP contribution >= 0.6 is 0 Å². The van der Waals surface area contributed by atoms with Crippen molar-refractivity contribution in [2.24, 2.45) is 0 Å². The maximum atomic E-state index is 12.4. The highest BCUT2D eigenvalue weighted by Crippen LogP contribution is 2.40. The minimum atomic E-state index is -0.409. The van der Waals surface area contributed by atoms with Gasteiger partial charge in [-0.15, -0.1) is 0 Å². The first kappa shape index (κ1) is 14.5. The summed E-state index contributed by atoms with van der Waals surface area (Å²) in [6, 6.07) is 11.5. The molecule has 1 aliphatic heterocycles. The Bertz CT molecular complexity index is 815. The molecule has 2 aromatic rings. The van der Waals surface area contributed by atoms with E-state index in [2.05, 4.69) is 0 Å². The van der Waals surface area contributed by atoms with E-state index in [1.165, 1.54) is 0 Å². The molecule has 0 saturated carbocycles. The molecule has 2 aromatic carbocycles. The SMILES string of the molecule is CC.CC1CC2=C(O1)c1ccc3ccccc3c1C(=O)C2=O. The van der Waals surface area contributed by atoms with Crippen molar-refractivity contribution in [2.45, 2.75) is 33.3 Å². The standard InChI is InChI=1S/C17H12O3.C2H6/c1-9-8-13-15(18)16(19)14-11-5-3-2-4-10(11)6-7-12(14)17(13)20-9;1-2/h2-7,9H,8H2,1H3;1-2H3. The van der Waals surface area contributed by atoms with Crippen molar-refractivity contribution in [1.82, 2.24) is 0 Å². The summed E-state index contributed by atoms with van der Waals surface area (Å²) in [5, 5.41) is 1.78. The summed E-state index contributed by atoms with van der Waals surface area (Å²) in [6.45, 7) is 5.91. The highest BCUT2D eigenvalue weighted by molar-refractivity contribution is 6.54. The van der Waals surface area contributed by atoms with Crippen molar-refractivity contribution in [1.29, 1.82) is 0 Å². The average molecular weight is 294 g/mol. The average Bonchev–Trinajstić information content (AvgIpc) is 2.95. The summed E-state index contributed by atoms with van der Waals surface area (Å²) < 4.78 is 5.77. The molecule has 1 heterocycles. The second-order valence-corrected chi connectivity index (χ2v) is 5.31. The van der Waals surface area contributed by atoms with E-state index in [1.807, 2.05) is 57.2 Å². The number of fused-ring (bicyclic) bond motifs is 4. The summed E-state index contributed by atoms with van der Waals surface area (Å²) in [5.74, 6) is -0.218. The highest BCUT2D eigenvalue weighted by Gasteiger charge is 2.39. The van der Waals surface area contributed by atoms with Gasteiger partial charge in [-0.05, 0) is 23.8 Å². The first-order valence-corrected chi connectivity index (χ1v) is 7.68. The molecule has 0 N–H and O–H groups in total. The Balaban J connectivity index is 0.000000693. The van der Waals surface area contributed by atoms with Crippen molar-refractivity contribution < 1.29 is 14.3 Å². The quantitative estimate of drug-likeness (QED) is 0.685. The Kier molecular flexibility index (Phi) is 3.57. The lowest BCUT2D eigenvalue weighted by Crippen LogP contribution is -2.22. The van der Waals surface area contributed by atoms with Gasteiger partial charge in [0, 0.05) is 23.1 Å². The number of ether oxygens (including phenoxy) is 1. The molecule has 4 rings (SSSR count). The number of ketones is 2. The predicted molar refractivity (Wildman–Crippen MR) is 86.7 cm³/mol. The maximum Gasteiger partial charge on any atom is 0.234 e. The lowest BCUT2D eigenvalue weighted by Gasteiger charge is -2.18. The fourth-order valence-corrected chi connectivity index (χ4v) is 3.07. The van der Waals surface area contributed by atoms with Gasteiger partial charge in [0.2, 0.25) is 11.6 Å². The molecule has 1 atom stereocenters. The van der Waals surface area contributed by atoms with E-state index >= 15 is 0 Å². The lowest BCUT2D eigenvalue weighted by molar-refractivity contribution is -0.111. The minimum absolute atomic E-state index is 0.0471. The number of Topliss-reactive ketones (excluding diaryl/α,β-unsaturated/α-hetero) is 2. The molecule has 112 valence electrons. The van der Waals surface area contributed by atoms with E-state index in [4.69, 9.17) is 4.74 Å². The van der Waals surface area contributed by atoms with Crippen LogP contribution < -0.4 is 0 Å². The van der Waals surface area contributed by atoms with Crippen molar-refractivity contribution >= 4 is 28.1 Å². The molecule has 0 fully saturated rings. The van der Waals surface area contributed by atoms with Crippen LogP contribution in [0, 0.1) is 0 Å². The largest absolute Gasteiger partial charge is 0.489 e. The molecule has 2 aliphatic rings. The van der Waals surface area contributed by atoms with Gasteiger partial charge in [0.05, 0.1) is 0 Å². The molecule has 0 aromatic heterocycles. The van der Waals surface area contributed by atoms with Gasteiger partial charge in [-0.2, -0.15) is 0 Å². The molecular weight excluding hydrogens is 276 g/mol. The number of hydrogen-bond donors (Lipinski definition) is 0. The van der Waals surface area contributed by atoms with Gasteiger partial charge < -0.3 is 4.74 Å². The fourth-order valence-electron chi connectivity index (χ4n) is 3.07. The molecule has 1 unspecified atom stereocenters.